The number of rotatable bonds is 6. The van der Waals surface area contributed by atoms with Crippen LogP contribution in [0.1, 0.15) is 6.92 Å². The fraction of sp³-hybridized carbons (Fsp3) is 0.217. The van der Waals surface area contributed by atoms with E-state index in [0.717, 1.165) is 11.1 Å². The lowest BCUT2D eigenvalue weighted by atomic mass is 9.99. The van der Waals surface area contributed by atoms with Crippen molar-refractivity contribution in [2.75, 3.05) is 20.8 Å². The number of benzene rings is 2. The van der Waals surface area contributed by atoms with Gasteiger partial charge in [0.25, 0.3) is 5.56 Å². The molecule has 31 heavy (non-hydrogen) atoms. The smallest absolute Gasteiger partial charge is 0.329 e. The Balaban J connectivity index is 2.05. The Hall–Kier alpha value is -3.94. The molecule has 4 rings (SSSR count). The van der Waals surface area contributed by atoms with E-state index in [1.54, 1.807) is 21.3 Å². The SMILES string of the molecule is CCOc1ccc(-c2[nH]c3c(c2-c2ccc(OC)cc2)c(=O)[nH]c(=O)n3C)cc1OC. The van der Waals surface area contributed by atoms with Crippen LogP contribution in [0.4, 0.5) is 0 Å². The standard InChI is InChI=1S/C23H23N3O5/c1-5-31-16-11-8-14(12-17(16)30-4)20-18(13-6-9-15(29-3)10-7-13)19-21(24-20)26(2)23(28)25-22(19)27/h6-12,24H,5H2,1-4H3,(H,25,27,28). The molecular formula is C23H23N3O5. The van der Waals surface area contributed by atoms with E-state index >= 15 is 0 Å². The van der Waals surface area contributed by atoms with Gasteiger partial charge >= 0.3 is 5.69 Å². The summed E-state index contributed by atoms with van der Waals surface area (Å²) >= 11 is 0. The molecule has 2 heterocycles. The number of aryl methyl sites for hydroxylation is 1. The van der Waals surface area contributed by atoms with E-state index in [-0.39, 0.29) is 0 Å². The van der Waals surface area contributed by atoms with Gasteiger partial charge in [-0.1, -0.05) is 12.1 Å². The summed E-state index contributed by atoms with van der Waals surface area (Å²) in [4.78, 5) is 30.7. The second kappa shape index (κ2) is 8.06. The van der Waals surface area contributed by atoms with Crippen molar-refractivity contribution in [1.82, 2.24) is 14.5 Å². The van der Waals surface area contributed by atoms with Crippen molar-refractivity contribution in [3.8, 4) is 39.6 Å². The van der Waals surface area contributed by atoms with E-state index in [1.807, 2.05) is 49.4 Å². The average molecular weight is 421 g/mol. The quantitative estimate of drug-likeness (QED) is 0.498. The third kappa shape index (κ3) is 3.46. The van der Waals surface area contributed by atoms with E-state index < -0.39 is 11.2 Å². The minimum atomic E-state index is -0.490. The minimum absolute atomic E-state index is 0.398. The molecule has 2 aromatic carbocycles. The maximum atomic E-state index is 12.8. The van der Waals surface area contributed by atoms with Crippen LogP contribution in [-0.4, -0.2) is 35.4 Å². The number of nitrogens with zero attached hydrogens (tertiary/aromatic N) is 1. The number of ether oxygens (including phenoxy) is 3. The Morgan fingerprint density at radius 3 is 2.26 bits per heavy atom. The molecule has 0 amide bonds. The molecule has 8 nitrogen and oxygen atoms in total. The average Bonchev–Trinajstić information content (AvgIpc) is 3.19. The maximum absolute atomic E-state index is 12.8. The lowest BCUT2D eigenvalue weighted by molar-refractivity contribution is 0.311. The first kappa shape index (κ1) is 20.3. The number of hydrogen-bond acceptors (Lipinski definition) is 5. The lowest BCUT2D eigenvalue weighted by Gasteiger charge is -2.12. The molecule has 160 valence electrons. The first-order valence-electron chi connectivity index (χ1n) is 9.79. The maximum Gasteiger partial charge on any atom is 0.329 e. The highest BCUT2D eigenvalue weighted by Gasteiger charge is 2.21. The van der Waals surface area contributed by atoms with E-state index in [2.05, 4.69) is 9.97 Å². The zero-order valence-corrected chi connectivity index (χ0v) is 17.7. The first-order valence-corrected chi connectivity index (χ1v) is 9.79. The third-order valence-corrected chi connectivity index (χ3v) is 5.20. The molecule has 0 saturated heterocycles. The Morgan fingerprint density at radius 1 is 0.903 bits per heavy atom. The predicted octanol–water partition coefficient (Wildman–Crippen LogP) is 3.30. The van der Waals surface area contributed by atoms with Crippen LogP contribution in [0.2, 0.25) is 0 Å². The highest BCUT2D eigenvalue weighted by Crippen LogP contribution is 2.40. The molecule has 0 saturated carbocycles. The van der Waals surface area contributed by atoms with Crippen LogP contribution < -0.4 is 25.5 Å². The Kier molecular flexibility index (Phi) is 5.29. The fourth-order valence-electron chi connectivity index (χ4n) is 3.67. The number of fused-ring (bicyclic) bond motifs is 1. The largest absolute Gasteiger partial charge is 0.497 e. The molecule has 0 radical (unpaired) electrons. The summed E-state index contributed by atoms with van der Waals surface area (Å²) in [7, 11) is 4.78. The molecule has 4 aromatic rings. The van der Waals surface area contributed by atoms with E-state index in [4.69, 9.17) is 14.2 Å². The van der Waals surface area contributed by atoms with Crippen LogP contribution in [-0.2, 0) is 7.05 Å². The topological polar surface area (TPSA) is 98.3 Å². The molecule has 0 aliphatic carbocycles. The zero-order chi connectivity index (χ0) is 22.1. The van der Waals surface area contributed by atoms with Gasteiger partial charge in [-0.3, -0.25) is 14.3 Å². The van der Waals surface area contributed by atoms with Crippen molar-refractivity contribution in [1.29, 1.82) is 0 Å². The predicted molar refractivity (Wildman–Crippen MR) is 119 cm³/mol. The van der Waals surface area contributed by atoms with Gasteiger partial charge in [-0.25, -0.2) is 4.79 Å². The van der Waals surface area contributed by atoms with Gasteiger partial charge in [-0.05, 0) is 42.8 Å². The summed E-state index contributed by atoms with van der Waals surface area (Å²) < 4.78 is 17.8. The molecular weight excluding hydrogens is 398 g/mol. The van der Waals surface area contributed by atoms with Gasteiger partial charge < -0.3 is 19.2 Å². The number of nitrogens with one attached hydrogen (secondary N) is 2. The monoisotopic (exact) mass is 421 g/mol. The summed E-state index contributed by atoms with van der Waals surface area (Å²) in [5, 5.41) is 0.398. The molecule has 0 aliphatic rings. The Labute approximate surface area is 178 Å². The molecule has 0 spiro atoms. The van der Waals surface area contributed by atoms with Gasteiger partial charge in [0.2, 0.25) is 0 Å². The van der Waals surface area contributed by atoms with Gasteiger partial charge in [0.05, 0.1) is 31.9 Å². The van der Waals surface area contributed by atoms with Crippen molar-refractivity contribution < 1.29 is 14.2 Å². The van der Waals surface area contributed by atoms with Crippen LogP contribution in [0.25, 0.3) is 33.4 Å². The van der Waals surface area contributed by atoms with Crippen LogP contribution in [0.15, 0.2) is 52.1 Å². The molecule has 2 N–H and O–H groups in total. The van der Waals surface area contributed by atoms with Gasteiger partial charge in [0.15, 0.2) is 11.5 Å². The summed E-state index contributed by atoms with van der Waals surface area (Å²) in [6.07, 6.45) is 0. The molecule has 0 aliphatic heterocycles. The molecule has 0 bridgehead atoms. The number of aromatic nitrogens is 3. The number of methoxy groups -OCH3 is 2. The van der Waals surface area contributed by atoms with Crippen LogP contribution >= 0.6 is 0 Å². The van der Waals surface area contributed by atoms with Gasteiger partial charge in [0, 0.05) is 18.2 Å². The van der Waals surface area contributed by atoms with Crippen molar-refractivity contribution in [3.05, 3.63) is 63.3 Å². The molecule has 0 atom stereocenters. The second-order valence-electron chi connectivity index (χ2n) is 6.94. The van der Waals surface area contributed by atoms with Crippen molar-refractivity contribution in [3.63, 3.8) is 0 Å². The summed E-state index contributed by atoms with van der Waals surface area (Å²) in [5.74, 6) is 1.90. The van der Waals surface area contributed by atoms with Crippen molar-refractivity contribution in [2.24, 2.45) is 7.05 Å². The summed E-state index contributed by atoms with van der Waals surface area (Å²) in [5.41, 5.74) is 2.45. The third-order valence-electron chi connectivity index (χ3n) is 5.20. The fourth-order valence-corrected chi connectivity index (χ4v) is 3.67. The highest BCUT2D eigenvalue weighted by molar-refractivity contribution is 6.02. The van der Waals surface area contributed by atoms with Gasteiger partial charge in [0.1, 0.15) is 11.4 Å². The Morgan fingerprint density at radius 2 is 1.61 bits per heavy atom. The van der Waals surface area contributed by atoms with Crippen molar-refractivity contribution >= 4 is 11.0 Å². The van der Waals surface area contributed by atoms with Gasteiger partial charge in [-0.2, -0.15) is 0 Å². The summed E-state index contributed by atoms with van der Waals surface area (Å²) in [6.45, 7) is 2.41. The summed E-state index contributed by atoms with van der Waals surface area (Å²) in [6, 6.07) is 13.0. The normalized spacial score (nSPS) is 11.0. The van der Waals surface area contributed by atoms with Crippen LogP contribution in [0, 0.1) is 0 Å². The first-order chi connectivity index (χ1) is 15.0. The lowest BCUT2D eigenvalue weighted by Crippen LogP contribution is -2.28. The minimum Gasteiger partial charge on any atom is -0.497 e. The van der Waals surface area contributed by atoms with Crippen molar-refractivity contribution in [2.45, 2.75) is 6.92 Å². The molecule has 0 fully saturated rings. The van der Waals surface area contributed by atoms with Crippen LogP contribution in [0.3, 0.4) is 0 Å². The zero-order valence-electron chi connectivity index (χ0n) is 17.7. The second-order valence-corrected chi connectivity index (χ2v) is 6.94. The number of H-pyrrole nitrogens is 2. The Bertz CT molecular complexity index is 1360. The van der Waals surface area contributed by atoms with E-state index in [1.165, 1.54) is 4.57 Å². The number of hydrogen-bond donors (Lipinski definition) is 2. The molecule has 0 unspecified atom stereocenters. The highest BCUT2D eigenvalue weighted by atomic mass is 16.5. The number of aromatic amines is 2. The molecule has 8 heteroatoms. The van der Waals surface area contributed by atoms with Crippen LogP contribution in [0.5, 0.6) is 17.2 Å². The van der Waals surface area contributed by atoms with E-state index in [0.29, 0.717) is 46.1 Å². The molecule has 2 aromatic heterocycles. The van der Waals surface area contributed by atoms with Gasteiger partial charge in [-0.15, -0.1) is 0 Å². The van der Waals surface area contributed by atoms with E-state index in [9.17, 15) is 9.59 Å².